The molecule has 0 bridgehead atoms. The lowest BCUT2D eigenvalue weighted by molar-refractivity contribution is -0.0822. The molecule has 0 aliphatic heterocycles. The lowest BCUT2D eigenvalue weighted by atomic mass is 9.71. The van der Waals surface area contributed by atoms with Gasteiger partial charge in [0.2, 0.25) is 0 Å². The van der Waals surface area contributed by atoms with Gasteiger partial charge in [0.15, 0.2) is 34.9 Å². The van der Waals surface area contributed by atoms with E-state index < -0.39 is 11.3 Å². The maximum absolute atomic E-state index is 17.0. The second kappa shape index (κ2) is 15.7. The Morgan fingerprint density at radius 3 is 1.08 bits per heavy atom. The van der Waals surface area contributed by atoms with Crippen LogP contribution in [0.3, 0.4) is 0 Å². The first-order valence-corrected chi connectivity index (χ1v) is 21.2. The summed E-state index contributed by atoms with van der Waals surface area (Å²) in [5, 5.41) is 0. The molecular formula is C56H38F2N6. The van der Waals surface area contributed by atoms with Gasteiger partial charge in [-0.1, -0.05) is 194 Å². The molecule has 2 aliphatic carbocycles. The molecule has 1 atom stereocenters. The summed E-state index contributed by atoms with van der Waals surface area (Å²) >= 11 is 0. The quantitative estimate of drug-likeness (QED) is 0.152. The van der Waals surface area contributed by atoms with E-state index in [9.17, 15) is 0 Å². The van der Waals surface area contributed by atoms with Crippen LogP contribution in [0.5, 0.6) is 0 Å². The van der Waals surface area contributed by atoms with Gasteiger partial charge < -0.3 is 0 Å². The highest BCUT2D eigenvalue weighted by molar-refractivity contribution is 5.88. The summed E-state index contributed by atoms with van der Waals surface area (Å²) in [6.45, 7) is 1.69. The monoisotopic (exact) mass is 832 g/mol. The van der Waals surface area contributed by atoms with Gasteiger partial charge in [0, 0.05) is 38.9 Å². The number of allylic oxidation sites excluding steroid dienone is 4. The molecule has 0 spiro atoms. The van der Waals surface area contributed by atoms with Crippen molar-refractivity contribution in [2.24, 2.45) is 5.41 Å². The Hall–Kier alpha value is -8.10. The van der Waals surface area contributed by atoms with Gasteiger partial charge in [0.05, 0.1) is 5.41 Å². The second-order valence-electron chi connectivity index (χ2n) is 16.3. The third-order valence-electron chi connectivity index (χ3n) is 12.3. The van der Waals surface area contributed by atoms with E-state index in [2.05, 4.69) is 0 Å². The largest absolute Gasteiger partial charge is 0.283 e. The van der Waals surface area contributed by atoms with Crippen LogP contribution in [-0.2, 0) is 5.92 Å². The van der Waals surface area contributed by atoms with E-state index in [1.54, 1.807) is 13.0 Å². The molecule has 0 amide bonds. The third kappa shape index (κ3) is 6.90. The third-order valence-corrected chi connectivity index (χ3v) is 12.3. The van der Waals surface area contributed by atoms with Gasteiger partial charge in [-0.25, -0.2) is 38.7 Å². The first-order valence-electron chi connectivity index (χ1n) is 21.2. The predicted molar refractivity (Wildman–Crippen MR) is 250 cm³/mol. The van der Waals surface area contributed by atoms with Gasteiger partial charge in [-0.15, -0.1) is 0 Å². The Morgan fingerprint density at radius 1 is 0.359 bits per heavy atom. The number of hydrogen-bond donors (Lipinski definition) is 0. The Bertz CT molecular complexity index is 3130. The van der Waals surface area contributed by atoms with Crippen LogP contribution >= 0.6 is 0 Å². The minimum atomic E-state index is -3.12. The minimum Gasteiger partial charge on any atom is -0.208 e. The fraction of sp³-hybridized carbons (Fsp3) is 0.0714. The molecule has 8 heteroatoms. The zero-order valence-corrected chi connectivity index (χ0v) is 34.7. The summed E-state index contributed by atoms with van der Waals surface area (Å²) in [6, 6.07) is 60.4. The van der Waals surface area contributed by atoms with Crippen molar-refractivity contribution in [3.05, 3.63) is 217 Å². The zero-order chi connectivity index (χ0) is 43.3. The molecule has 7 aromatic carbocycles. The van der Waals surface area contributed by atoms with Crippen molar-refractivity contribution in [3.8, 4) is 79.5 Å². The Kier molecular flexibility index (Phi) is 9.50. The molecule has 0 saturated carbocycles. The van der Waals surface area contributed by atoms with Crippen molar-refractivity contribution in [1.82, 2.24) is 29.9 Å². The Morgan fingerprint density at radius 2 is 0.688 bits per heavy atom. The van der Waals surface area contributed by atoms with Crippen LogP contribution in [0.25, 0.3) is 90.6 Å². The van der Waals surface area contributed by atoms with Gasteiger partial charge in [-0.2, -0.15) is 0 Å². The van der Waals surface area contributed by atoms with Crippen molar-refractivity contribution in [3.63, 3.8) is 0 Å². The summed E-state index contributed by atoms with van der Waals surface area (Å²) in [4.78, 5) is 29.0. The topological polar surface area (TPSA) is 77.3 Å². The summed E-state index contributed by atoms with van der Waals surface area (Å²) in [7, 11) is 0. The molecule has 0 N–H and O–H groups in total. The second-order valence-corrected chi connectivity index (χ2v) is 16.3. The van der Waals surface area contributed by atoms with Crippen LogP contribution < -0.4 is 0 Å². The summed E-state index contributed by atoms with van der Waals surface area (Å²) in [5.41, 5.74) is 8.25. The first-order chi connectivity index (χ1) is 31.3. The van der Waals surface area contributed by atoms with Crippen molar-refractivity contribution in [1.29, 1.82) is 0 Å². The van der Waals surface area contributed by atoms with E-state index >= 15 is 8.78 Å². The molecule has 1 unspecified atom stereocenters. The number of halogens is 2. The standard InChI is InChI=1S/C56H38F2N6/c1-55-35-45(37-24-28-43(29-25-37)54-63-51(40-18-10-4-11-19-40)60-52(64-54)41-20-12-5-13-21-41)31-33-47(55)46-32-30-44(34-48(46)56(55,57)58)36-22-26-42(27-23-36)53-61-49(38-14-6-2-7-15-38)59-50(62-53)39-16-8-3-9-17-39/h2-34H,35H2,1H3. The molecule has 0 fully saturated rings. The zero-order valence-electron chi connectivity index (χ0n) is 34.7. The van der Waals surface area contributed by atoms with E-state index in [4.69, 9.17) is 29.9 Å². The predicted octanol–water partition coefficient (Wildman–Crippen LogP) is 13.7. The fourth-order valence-electron chi connectivity index (χ4n) is 8.80. The molecule has 2 aliphatic rings. The van der Waals surface area contributed by atoms with Crippen molar-refractivity contribution >= 4 is 11.1 Å². The highest BCUT2D eigenvalue weighted by Crippen LogP contribution is 2.65. The van der Waals surface area contributed by atoms with E-state index in [1.165, 1.54) is 0 Å². The van der Waals surface area contributed by atoms with Crippen LogP contribution in [-0.4, -0.2) is 29.9 Å². The molecular weight excluding hydrogens is 795 g/mol. The number of fused-ring (bicyclic) bond motifs is 3. The molecule has 64 heavy (non-hydrogen) atoms. The SMILES string of the molecule is CC12CC(c3ccc(-c4nc(-c5ccccc5)nc(-c5ccccc5)n4)cc3)=CC=C1c1ccc(-c3ccc(-c4nc(-c5ccccc5)nc(-c5ccccc5)n4)cc3)cc1C2(F)F. The summed E-state index contributed by atoms with van der Waals surface area (Å²) in [5.74, 6) is 0.240. The average molecular weight is 833 g/mol. The smallest absolute Gasteiger partial charge is 0.208 e. The molecule has 2 aromatic heterocycles. The number of hydrogen-bond acceptors (Lipinski definition) is 6. The fourth-order valence-corrected chi connectivity index (χ4v) is 8.80. The van der Waals surface area contributed by atoms with Crippen LogP contribution in [0.4, 0.5) is 8.78 Å². The number of benzene rings is 7. The van der Waals surface area contributed by atoms with Gasteiger partial charge in [-0.05, 0) is 52.8 Å². The van der Waals surface area contributed by atoms with E-state index in [0.29, 0.717) is 51.6 Å². The molecule has 6 nitrogen and oxygen atoms in total. The van der Waals surface area contributed by atoms with Gasteiger partial charge >= 0.3 is 0 Å². The van der Waals surface area contributed by atoms with E-state index in [0.717, 1.165) is 50.1 Å². The number of rotatable bonds is 8. The number of alkyl halides is 2. The Labute approximate surface area is 369 Å². The normalized spacial score (nSPS) is 16.0. The van der Waals surface area contributed by atoms with Gasteiger partial charge in [-0.3, -0.25) is 0 Å². The maximum atomic E-state index is 17.0. The Balaban J connectivity index is 0.872. The van der Waals surface area contributed by atoms with Crippen LogP contribution in [0.1, 0.15) is 30.0 Å². The van der Waals surface area contributed by atoms with E-state index in [1.807, 2.05) is 194 Å². The van der Waals surface area contributed by atoms with Gasteiger partial charge in [0.1, 0.15) is 0 Å². The summed E-state index contributed by atoms with van der Waals surface area (Å²) in [6.07, 6.45) is 4.04. The molecule has 9 aromatic rings. The van der Waals surface area contributed by atoms with Crippen LogP contribution in [0, 0.1) is 5.41 Å². The average Bonchev–Trinajstić information content (AvgIpc) is 3.54. The van der Waals surface area contributed by atoms with Crippen LogP contribution in [0.15, 0.2) is 200 Å². The lowest BCUT2D eigenvalue weighted by Crippen LogP contribution is -2.33. The lowest BCUT2D eigenvalue weighted by Gasteiger charge is -2.36. The number of nitrogens with zero attached hydrogens (tertiary/aromatic N) is 6. The maximum Gasteiger partial charge on any atom is 0.283 e. The molecule has 0 saturated heterocycles. The minimum absolute atomic E-state index is 0.0450. The van der Waals surface area contributed by atoms with E-state index in [-0.39, 0.29) is 12.0 Å². The molecule has 306 valence electrons. The first kappa shape index (κ1) is 38.8. The molecule has 11 rings (SSSR count). The number of aromatic nitrogens is 6. The van der Waals surface area contributed by atoms with Gasteiger partial charge in [0.25, 0.3) is 5.92 Å². The van der Waals surface area contributed by atoms with Crippen molar-refractivity contribution in [2.45, 2.75) is 19.3 Å². The highest BCUT2D eigenvalue weighted by Gasteiger charge is 2.60. The van der Waals surface area contributed by atoms with Crippen LogP contribution in [0.2, 0.25) is 0 Å². The molecule has 2 heterocycles. The summed E-state index contributed by atoms with van der Waals surface area (Å²) < 4.78 is 34.0. The highest BCUT2D eigenvalue weighted by atomic mass is 19.3. The molecule has 0 radical (unpaired) electrons. The van der Waals surface area contributed by atoms with Crippen molar-refractivity contribution in [2.75, 3.05) is 0 Å². The van der Waals surface area contributed by atoms with Crippen molar-refractivity contribution < 1.29 is 8.78 Å².